The molecule has 0 fully saturated rings. The van der Waals surface area contributed by atoms with Gasteiger partial charge >= 0.3 is 5.97 Å². The summed E-state index contributed by atoms with van der Waals surface area (Å²) in [5.74, 6) is -0.188. The Balaban J connectivity index is 1.90. The molecular formula is C14H21NO2. The van der Waals surface area contributed by atoms with Crippen molar-refractivity contribution in [1.29, 1.82) is 0 Å². The molecule has 1 N–H and O–H groups in total. The summed E-state index contributed by atoms with van der Waals surface area (Å²) in [6.45, 7) is 3.93. The Morgan fingerprint density at radius 2 is 1.94 bits per heavy atom. The maximum atomic E-state index is 10.5. The Kier molecular flexibility index (Phi) is 7.07. The van der Waals surface area contributed by atoms with Crippen LogP contribution in [0.2, 0.25) is 0 Å². The van der Waals surface area contributed by atoms with E-state index in [1.54, 1.807) is 0 Å². The lowest BCUT2D eigenvalue weighted by Crippen LogP contribution is -2.14. The zero-order valence-corrected chi connectivity index (χ0v) is 10.4. The Labute approximate surface area is 103 Å². The third-order valence-electron chi connectivity index (χ3n) is 2.48. The van der Waals surface area contributed by atoms with E-state index in [0.29, 0.717) is 6.61 Å². The van der Waals surface area contributed by atoms with Gasteiger partial charge < -0.3 is 10.1 Å². The third kappa shape index (κ3) is 7.53. The molecule has 0 saturated carbocycles. The van der Waals surface area contributed by atoms with Gasteiger partial charge in [-0.2, -0.15) is 0 Å². The molecule has 1 rings (SSSR count). The Bertz CT molecular complexity index is 311. The standard InChI is InChI=1S/C14H21NO2/c1-13(16)17-11-7-3-6-10-15-12-14-8-4-2-5-9-14/h2,4-5,8-9,15H,3,6-7,10-12H2,1H3. The molecule has 17 heavy (non-hydrogen) atoms. The van der Waals surface area contributed by atoms with Gasteiger partial charge in [0, 0.05) is 13.5 Å². The lowest BCUT2D eigenvalue weighted by molar-refractivity contribution is -0.141. The van der Waals surface area contributed by atoms with Crippen LogP contribution >= 0.6 is 0 Å². The topological polar surface area (TPSA) is 38.3 Å². The molecule has 1 aromatic carbocycles. The average Bonchev–Trinajstić information content (AvgIpc) is 2.33. The van der Waals surface area contributed by atoms with Crippen molar-refractivity contribution >= 4 is 5.97 Å². The largest absolute Gasteiger partial charge is 0.466 e. The number of unbranched alkanes of at least 4 members (excludes halogenated alkanes) is 2. The second-order valence-electron chi connectivity index (χ2n) is 4.06. The van der Waals surface area contributed by atoms with Crippen LogP contribution in [0.1, 0.15) is 31.7 Å². The smallest absolute Gasteiger partial charge is 0.302 e. The number of carbonyl (C=O) groups is 1. The van der Waals surface area contributed by atoms with Crippen molar-refractivity contribution in [1.82, 2.24) is 5.32 Å². The second kappa shape index (κ2) is 8.76. The highest BCUT2D eigenvalue weighted by molar-refractivity contribution is 5.65. The molecule has 3 heteroatoms. The van der Waals surface area contributed by atoms with Crippen LogP contribution in [0.15, 0.2) is 30.3 Å². The summed E-state index contributed by atoms with van der Waals surface area (Å²) in [4.78, 5) is 10.5. The number of esters is 1. The monoisotopic (exact) mass is 235 g/mol. The number of hydrogen-bond donors (Lipinski definition) is 1. The molecule has 0 spiro atoms. The summed E-state index contributed by atoms with van der Waals surface area (Å²) < 4.78 is 4.86. The van der Waals surface area contributed by atoms with Crippen LogP contribution in [0.3, 0.4) is 0 Å². The maximum absolute atomic E-state index is 10.5. The highest BCUT2D eigenvalue weighted by Gasteiger charge is 1.94. The molecule has 0 saturated heterocycles. The Morgan fingerprint density at radius 1 is 1.18 bits per heavy atom. The van der Waals surface area contributed by atoms with E-state index in [2.05, 4.69) is 29.6 Å². The van der Waals surface area contributed by atoms with E-state index in [-0.39, 0.29) is 5.97 Å². The van der Waals surface area contributed by atoms with E-state index in [1.807, 2.05) is 6.07 Å². The molecule has 0 aliphatic rings. The molecule has 0 aromatic heterocycles. The quantitative estimate of drug-likeness (QED) is 0.556. The van der Waals surface area contributed by atoms with E-state index in [4.69, 9.17) is 4.74 Å². The van der Waals surface area contributed by atoms with Crippen LogP contribution in [-0.4, -0.2) is 19.1 Å². The van der Waals surface area contributed by atoms with Gasteiger partial charge in [-0.05, 0) is 31.4 Å². The van der Waals surface area contributed by atoms with Gasteiger partial charge in [-0.3, -0.25) is 4.79 Å². The van der Waals surface area contributed by atoms with Crippen LogP contribution in [-0.2, 0) is 16.1 Å². The first-order valence-electron chi connectivity index (χ1n) is 6.17. The van der Waals surface area contributed by atoms with Gasteiger partial charge in [-0.1, -0.05) is 30.3 Å². The molecule has 94 valence electrons. The molecule has 0 amide bonds. The molecule has 0 heterocycles. The van der Waals surface area contributed by atoms with Gasteiger partial charge in [0.25, 0.3) is 0 Å². The minimum Gasteiger partial charge on any atom is -0.466 e. The van der Waals surface area contributed by atoms with E-state index in [0.717, 1.165) is 32.4 Å². The van der Waals surface area contributed by atoms with Crippen LogP contribution in [0.25, 0.3) is 0 Å². The van der Waals surface area contributed by atoms with Crippen LogP contribution < -0.4 is 5.32 Å². The third-order valence-corrected chi connectivity index (χ3v) is 2.48. The van der Waals surface area contributed by atoms with Crippen LogP contribution in [0.5, 0.6) is 0 Å². The first kappa shape index (κ1) is 13.7. The first-order chi connectivity index (χ1) is 8.29. The number of benzene rings is 1. The van der Waals surface area contributed by atoms with Crippen molar-refractivity contribution in [3.8, 4) is 0 Å². The normalized spacial score (nSPS) is 10.2. The first-order valence-corrected chi connectivity index (χ1v) is 6.17. The number of rotatable bonds is 8. The van der Waals surface area contributed by atoms with Gasteiger partial charge in [0.05, 0.1) is 6.61 Å². The number of ether oxygens (including phenoxy) is 1. The van der Waals surface area contributed by atoms with Gasteiger partial charge in [0.2, 0.25) is 0 Å². The number of nitrogens with one attached hydrogen (secondary N) is 1. The van der Waals surface area contributed by atoms with Gasteiger partial charge in [-0.15, -0.1) is 0 Å². The van der Waals surface area contributed by atoms with Crippen molar-refractivity contribution in [3.63, 3.8) is 0 Å². The zero-order valence-electron chi connectivity index (χ0n) is 10.4. The summed E-state index contributed by atoms with van der Waals surface area (Å²) in [6.07, 6.45) is 3.16. The number of carbonyl (C=O) groups excluding carboxylic acids is 1. The average molecular weight is 235 g/mol. The SMILES string of the molecule is CC(=O)OCCCCCNCc1ccccc1. The minimum absolute atomic E-state index is 0.188. The predicted octanol–water partition coefficient (Wildman–Crippen LogP) is 2.51. The van der Waals surface area contributed by atoms with Gasteiger partial charge in [0.15, 0.2) is 0 Å². The van der Waals surface area contributed by atoms with Crippen molar-refractivity contribution < 1.29 is 9.53 Å². The fourth-order valence-electron chi connectivity index (χ4n) is 1.57. The van der Waals surface area contributed by atoms with Crippen molar-refractivity contribution in [2.75, 3.05) is 13.2 Å². The molecule has 3 nitrogen and oxygen atoms in total. The van der Waals surface area contributed by atoms with Crippen LogP contribution in [0.4, 0.5) is 0 Å². The predicted molar refractivity (Wildman–Crippen MR) is 68.6 cm³/mol. The van der Waals surface area contributed by atoms with Gasteiger partial charge in [0.1, 0.15) is 0 Å². The van der Waals surface area contributed by atoms with Crippen molar-refractivity contribution in [3.05, 3.63) is 35.9 Å². The van der Waals surface area contributed by atoms with Crippen LogP contribution in [0, 0.1) is 0 Å². The summed E-state index contributed by atoms with van der Waals surface area (Å²) in [5, 5.41) is 3.39. The highest BCUT2D eigenvalue weighted by Crippen LogP contribution is 1.98. The van der Waals surface area contributed by atoms with E-state index < -0.39 is 0 Å². The molecule has 0 unspecified atom stereocenters. The molecular weight excluding hydrogens is 214 g/mol. The molecule has 0 radical (unpaired) electrons. The Hall–Kier alpha value is -1.35. The summed E-state index contributed by atoms with van der Waals surface area (Å²) in [5.41, 5.74) is 1.31. The molecule has 0 bridgehead atoms. The highest BCUT2D eigenvalue weighted by atomic mass is 16.5. The van der Waals surface area contributed by atoms with E-state index >= 15 is 0 Å². The van der Waals surface area contributed by atoms with E-state index in [9.17, 15) is 4.79 Å². The minimum atomic E-state index is -0.188. The summed E-state index contributed by atoms with van der Waals surface area (Å²) in [7, 11) is 0. The van der Waals surface area contributed by atoms with Crippen molar-refractivity contribution in [2.24, 2.45) is 0 Å². The molecule has 1 aromatic rings. The molecule has 0 atom stereocenters. The molecule has 0 aliphatic carbocycles. The Morgan fingerprint density at radius 3 is 2.65 bits per heavy atom. The second-order valence-corrected chi connectivity index (χ2v) is 4.06. The zero-order chi connectivity index (χ0) is 12.3. The lowest BCUT2D eigenvalue weighted by atomic mass is 10.2. The summed E-state index contributed by atoms with van der Waals surface area (Å²) >= 11 is 0. The van der Waals surface area contributed by atoms with Gasteiger partial charge in [-0.25, -0.2) is 0 Å². The number of hydrogen-bond acceptors (Lipinski definition) is 3. The molecule has 0 aliphatic heterocycles. The summed E-state index contributed by atoms with van der Waals surface area (Å²) in [6, 6.07) is 10.4. The fraction of sp³-hybridized carbons (Fsp3) is 0.500. The fourth-order valence-corrected chi connectivity index (χ4v) is 1.57. The van der Waals surface area contributed by atoms with E-state index in [1.165, 1.54) is 12.5 Å². The lowest BCUT2D eigenvalue weighted by Gasteiger charge is -2.05. The van der Waals surface area contributed by atoms with Crippen molar-refractivity contribution in [2.45, 2.75) is 32.7 Å². The maximum Gasteiger partial charge on any atom is 0.302 e.